The Kier molecular flexibility index (Phi) is 9.61. The second kappa shape index (κ2) is 15.9. The van der Waals surface area contributed by atoms with Crippen LogP contribution in [0.3, 0.4) is 0 Å². The number of benzene rings is 10. The van der Waals surface area contributed by atoms with Gasteiger partial charge in [0.1, 0.15) is 11.2 Å². The predicted octanol–water partition coefficient (Wildman–Crippen LogP) is 19.0. The summed E-state index contributed by atoms with van der Waals surface area (Å²) in [5, 5.41) is 2.26. The van der Waals surface area contributed by atoms with Crippen LogP contribution >= 0.6 is 0 Å². The molecular weight excluding hydrogens is 859 g/mol. The lowest BCUT2D eigenvalue weighted by Crippen LogP contribution is -2.27. The molecule has 0 bridgehead atoms. The second-order valence-electron chi connectivity index (χ2n) is 21.7. The summed E-state index contributed by atoms with van der Waals surface area (Å²) < 4.78 is 7.37. The quantitative estimate of drug-likeness (QED) is 0.165. The number of fused-ring (bicyclic) bond motifs is 14. The Hall–Kier alpha value is -8.20. The molecule has 0 aliphatic heterocycles. The highest BCUT2D eigenvalue weighted by Crippen LogP contribution is 2.65. The molecule has 342 valence electrons. The molecule has 0 saturated carbocycles. The van der Waals surface area contributed by atoms with Crippen LogP contribution in [0.15, 0.2) is 229 Å². The largest absolute Gasteiger partial charge is 0.455 e. The minimum Gasteiger partial charge on any atom is -0.455 e. The molecule has 0 amide bonds. The molecule has 0 N–H and O–H groups in total. The summed E-state index contributed by atoms with van der Waals surface area (Å²) in [5.41, 5.74) is 24.7. The lowest BCUT2D eigenvalue weighted by molar-refractivity contribution is 0.586. The number of hydrogen-bond donors (Lipinski definition) is 0. The third-order valence-electron chi connectivity index (χ3n) is 15.4. The van der Waals surface area contributed by atoms with Gasteiger partial charge in [-0.1, -0.05) is 230 Å². The van der Waals surface area contributed by atoms with Crippen LogP contribution in [0.5, 0.6) is 0 Å². The number of rotatable bonds is 6. The zero-order valence-corrected chi connectivity index (χ0v) is 41.2. The molecule has 0 fully saturated rings. The number of hydrogen-bond acceptors (Lipinski definition) is 2. The zero-order chi connectivity index (χ0) is 48.2. The summed E-state index contributed by atoms with van der Waals surface area (Å²) in [4.78, 5) is 2.35. The Morgan fingerprint density at radius 1 is 0.324 bits per heavy atom. The van der Waals surface area contributed by atoms with Crippen molar-refractivity contribution < 1.29 is 4.42 Å². The smallest absolute Gasteiger partial charge is 0.143 e. The lowest BCUT2D eigenvalue weighted by atomic mass is 9.69. The number of nitrogens with zero attached hydrogens (tertiary/aromatic N) is 1. The molecule has 1 heterocycles. The first kappa shape index (κ1) is 42.9. The van der Waals surface area contributed by atoms with E-state index in [2.05, 4.69) is 271 Å². The van der Waals surface area contributed by atoms with Gasteiger partial charge in [-0.25, -0.2) is 0 Å². The molecule has 2 aliphatic carbocycles. The minimum absolute atomic E-state index is 0.0135. The summed E-state index contributed by atoms with van der Waals surface area (Å²) in [7, 11) is 0. The fourth-order valence-electron chi connectivity index (χ4n) is 11.8. The average molecular weight is 914 g/mol. The molecule has 0 atom stereocenters. The molecular formula is C69H55NO. The molecule has 1 aromatic heterocycles. The van der Waals surface area contributed by atoms with Crippen molar-refractivity contribution in [3.63, 3.8) is 0 Å². The van der Waals surface area contributed by atoms with Crippen molar-refractivity contribution in [3.8, 4) is 55.6 Å². The SMILES string of the molecule is CC(C)(C)c1ccc2c(c1)C1(c3cc(C(C)(C)C)ccc3-2)c2ccccc2-c2c1ccc1c2oc2c(-c3ccc(N(c4ccc(-c5ccccc5)cc4)c4ccc(-c5ccccc5)cc4)cc3)cccc21. The molecule has 0 saturated heterocycles. The molecule has 71 heavy (non-hydrogen) atoms. The molecule has 1 spiro atoms. The summed E-state index contributed by atoms with van der Waals surface area (Å²) in [6.45, 7) is 14.0. The Morgan fingerprint density at radius 2 is 0.775 bits per heavy atom. The van der Waals surface area contributed by atoms with Gasteiger partial charge in [0.2, 0.25) is 0 Å². The van der Waals surface area contributed by atoms with Crippen LogP contribution in [0, 0.1) is 0 Å². The standard InChI is InChI=1S/C69H55NO/c1-67(2,3)49-30-38-55-56-39-31-50(68(4,5)6)43-63(56)69(62(55)42-49)60-23-14-13-20-59(60)64-61(69)41-40-58-57-22-15-21-54(65(57)71-66(58)64)48-28-36-53(37-29-48)70(51-32-24-46(25-33-51)44-16-9-7-10-17-44)52-34-26-47(27-35-52)45-18-11-8-12-19-45/h7-43H,1-6H3. The fraction of sp³-hybridized carbons (Fsp3) is 0.130. The number of furan rings is 1. The van der Waals surface area contributed by atoms with Gasteiger partial charge in [-0.3, -0.25) is 0 Å². The van der Waals surface area contributed by atoms with Gasteiger partial charge in [0, 0.05) is 39.0 Å². The molecule has 2 nitrogen and oxygen atoms in total. The monoisotopic (exact) mass is 913 g/mol. The molecule has 0 unspecified atom stereocenters. The van der Waals surface area contributed by atoms with Crippen molar-refractivity contribution in [2.24, 2.45) is 0 Å². The highest BCUT2D eigenvalue weighted by atomic mass is 16.3. The maximum absolute atomic E-state index is 7.37. The van der Waals surface area contributed by atoms with Gasteiger partial charge in [-0.2, -0.15) is 0 Å². The second-order valence-corrected chi connectivity index (χ2v) is 21.7. The summed E-state index contributed by atoms with van der Waals surface area (Å²) in [5.74, 6) is 0. The van der Waals surface area contributed by atoms with Crippen LogP contribution in [-0.4, -0.2) is 0 Å². The Bertz CT molecular complexity index is 3700. The molecule has 10 aromatic carbocycles. The molecule has 2 aliphatic rings. The first-order chi connectivity index (χ1) is 34.5. The van der Waals surface area contributed by atoms with Gasteiger partial charge in [-0.05, 0) is 125 Å². The van der Waals surface area contributed by atoms with Gasteiger partial charge in [0.25, 0.3) is 0 Å². The van der Waals surface area contributed by atoms with Gasteiger partial charge >= 0.3 is 0 Å². The number of para-hydroxylation sites is 1. The first-order valence-corrected chi connectivity index (χ1v) is 25.1. The highest BCUT2D eigenvalue weighted by molar-refractivity contribution is 6.15. The first-order valence-electron chi connectivity index (χ1n) is 25.1. The van der Waals surface area contributed by atoms with Crippen LogP contribution in [-0.2, 0) is 16.2 Å². The van der Waals surface area contributed by atoms with Crippen molar-refractivity contribution in [1.29, 1.82) is 0 Å². The van der Waals surface area contributed by atoms with E-state index in [1.807, 2.05) is 0 Å². The van der Waals surface area contributed by atoms with E-state index in [0.29, 0.717) is 0 Å². The van der Waals surface area contributed by atoms with E-state index in [0.717, 1.165) is 50.1 Å². The zero-order valence-electron chi connectivity index (χ0n) is 41.2. The van der Waals surface area contributed by atoms with Crippen LogP contribution < -0.4 is 4.90 Å². The van der Waals surface area contributed by atoms with E-state index in [9.17, 15) is 0 Å². The van der Waals surface area contributed by atoms with Gasteiger partial charge < -0.3 is 9.32 Å². The Labute approximate surface area is 417 Å². The summed E-state index contributed by atoms with van der Waals surface area (Å²) >= 11 is 0. The van der Waals surface area contributed by atoms with Crippen molar-refractivity contribution in [2.75, 3.05) is 4.90 Å². The van der Waals surface area contributed by atoms with Gasteiger partial charge in [-0.15, -0.1) is 0 Å². The van der Waals surface area contributed by atoms with Gasteiger partial charge in [0.15, 0.2) is 0 Å². The molecule has 11 aromatic rings. The Morgan fingerprint density at radius 3 is 1.30 bits per heavy atom. The minimum atomic E-state index is -0.499. The van der Waals surface area contributed by atoms with Crippen LogP contribution in [0.25, 0.3) is 77.6 Å². The molecule has 13 rings (SSSR count). The maximum Gasteiger partial charge on any atom is 0.143 e. The van der Waals surface area contributed by atoms with E-state index in [1.165, 1.54) is 77.9 Å². The van der Waals surface area contributed by atoms with Crippen molar-refractivity contribution in [1.82, 2.24) is 0 Å². The van der Waals surface area contributed by atoms with E-state index in [-0.39, 0.29) is 10.8 Å². The topological polar surface area (TPSA) is 16.4 Å². The lowest BCUT2D eigenvalue weighted by Gasteiger charge is -2.32. The van der Waals surface area contributed by atoms with Crippen molar-refractivity contribution in [3.05, 3.63) is 258 Å². The third-order valence-corrected chi connectivity index (χ3v) is 15.4. The number of anilines is 3. The van der Waals surface area contributed by atoms with E-state index < -0.39 is 5.41 Å². The van der Waals surface area contributed by atoms with Gasteiger partial charge in [0.05, 0.1) is 5.41 Å². The Balaban J connectivity index is 0.952. The van der Waals surface area contributed by atoms with E-state index in [1.54, 1.807) is 0 Å². The van der Waals surface area contributed by atoms with E-state index in [4.69, 9.17) is 4.42 Å². The average Bonchev–Trinajstić information content (AvgIpc) is 4.04. The normalized spacial score (nSPS) is 13.3. The van der Waals surface area contributed by atoms with Crippen molar-refractivity contribution >= 4 is 39.0 Å². The van der Waals surface area contributed by atoms with Crippen LogP contribution in [0.1, 0.15) is 74.9 Å². The van der Waals surface area contributed by atoms with Crippen LogP contribution in [0.4, 0.5) is 17.1 Å². The summed E-state index contributed by atoms with van der Waals surface area (Å²) in [6, 6.07) is 83.0. The van der Waals surface area contributed by atoms with Crippen LogP contribution in [0.2, 0.25) is 0 Å². The predicted molar refractivity (Wildman–Crippen MR) is 298 cm³/mol. The summed E-state index contributed by atoms with van der Waals surface area (Å²) in [6.07, 6.45) is 0. The maximum atomic E-state index is 7.37. The molecule has 2 heteroatoms. The van der Waals surface area contributed by atoms with E-state index >= 15 is 0 Å². The third kappa shape index (κ3) is 6.69. The molecule has 0 radical (unpaired) electrons. The van der Waals surface area contributed by atoms with Crippen molar-refractivity contribution in [2.45, 2.75) is 57.8 Å². The fourth-order valence-corrected chi connectivity index (χ4v) is 11.8. The highest BCUT2D eigenvalue weighted by Gasteiger charge is 2.53.